The second-order valence-electron chi connectivity index (χ2n) is 5.92. The fraction of sp³-hybridized carbons (Fsp3) is 0.588. The number of carbonyl (C=O) groups is 1. The van der Waals surface area contributed by atoms with Crippen molar-refractivity contribution in [1.82, 2.24) is 5.32 Å². The molecule has 3 N–H and O–H groups in total. The van der Waals surface area contributed by atoms with E-state index in [4.69, 9.17) is 14.3 Å². The maximum absolute atomic E-state index is 12.2. The van der Waals surface area contributed by atoms with Crippen molar-refractivity contribution in [2.24, 2.45) is 0 Å². The number of hydrogen-bond acceptors (Lipinski definition) is 3. The van der Waals surface area contributed by atoms with Gasteiger partial charge in [0.25, 0.3) is 0 Å². The molecule has 2 atom stereocenters. The van der Waals surface area contributed by atoms with Crippen LogP contribution in [-0.2, 0) is 13.9 Å². The average molecular weight is 357 g/mol. The standard InChI is InChI=1S/C17H28NO5P/c1-3-4-5-6-10-13-16(19)18-17(14(2)23-24(20,21)22)15-11-8-7-9-12-15/h7-9,11-12,14,17H,3-6,10,13H2,1-2H3,(H,18,19)(H2,20,21,22)/t14-,17-/m1/s1. The van der Waals surface area contributed by atoms with Gasteiger partial charge in [-0.05, 0) is 18.9 Å². The van der Waals surface area contributed by atoms with Crippen molar-refractivity contribution in [2.45, 2.75) is 64.5 Å². The minimum atomic E-state index is -4.62. The number of hydrogen-bond donors (Lipinski definition) is 3. The van der Waals surface area contributed by atoms with Crippen LogP contribution in [0, 0.1) is 0 Å². The van der Waals surface area contributed by atoms with Crippen molar-refractivity contribution in [2.75, 3.05) is 0 Å². The predicted molar refractivity (Wildman–Crippen MR) is 93.3 cm³/mol. The molecule has 0 bridgehead atoms. The number of unbranched alkanes of at least 4 members (excludes halogenated alkanes) is 4. The maximum Gasteiger partial charge on any atom is 0.469 e. The summed E-state index contributed by atoms with van der Waals surface area (Å²) in [7, 11) is -4.62. The van der Waals surface area contributed by atoms with Crippen LogP contribution in [0.4, 0.5) is 0 Å². The minimum absolute atomic E-state index is 0.137. The smallest absolute Gasteiger partial charge is 0.347 e. The van der Waals surface area contributed by atoms with Crippen LogP contribution < -0.4 is 5.32 Å². The van der Waals surface area contributed by atoms with Crippen molar-refractivity contribution in [3.63, 3.8) is 0 Å². The molecule has 136 valence electrons. The number of benzene rings is 1. The molecular weight excluding hydrogens is 329 g/mol. The first kappa shape index (κ1) is 20.8. The molecular formula is C17H28NO5P. The van der Waals surface area contributed by atoms with Crippen molar-refractivity contribution < 1.29 is 23.7 Å². The molecule has 0 saturated heterocycles. The monoisotopic (exact) mass is 357 g/mol. The molecule has 1 rings (SSSR count). The van der Waals surface area contributed by atoms with Crippen molar-refractivity contribution in [1.29, 1.82) is 0 Å². The quantitative estimate of drug-likeness (QED) is 0.414. The van der Waals surface area contributed by atoms with E-state index in [-0.39, 0.29) is 5.91 Å². The van der Waals surface area contributed by atoms with Gasteiger partial charge in [0, 0.05) is 6.42 Å². The highest BCUT2D eigenvalue weighted by atomic mass is 31.2. The Labute approximate surface area is 143 Å². The first-order valence-electron chi connectivity index (χ1n) is 8.41. The third kappa shape index (κ3) is 8.60. The highest BCUT2D eigenvalue weighted by Gasteiger charge is 2.28. The molecule has 6 nitrogen and oxygen atoms in total. The molecule has 1 aromatic carbocycles. The largest absolute Gasteiger partial charge is 0.469 e. The Hall–Kier alpha value is -1.20. The Balaban J connectivity index is 2.65. The lowest BCUT2D eigenvalue weighted by Crippen LogP contribution is -2.35. The molecule has 7 heteroatoms. The third-order valence-corrected chi connectivity index (χ3v) is 4.36. The topological polar surface area (TPSA) is 95.9 Å². The summed E-state index contributed by atoms with van der Waals surface area (Å²) >= 11 is 0. The van der Waals surface area contributed by atoms with Crippen LogP contribution in [0.3, 0.4) is 0 Å². The van der Waals surface area contributed by atoms with Crippen LogP contribution >= 0.6 is 7.82 Å². The second kappa shape index (κ2) is 10.6. The lowest BCUT2D eigenvalue weighted by Gasteiger charge is -2.26. The van der Waals surface area contributed by atoms with E-state index in [0.717, 1.165) is 31.2 Å². The Morgan fingerprint density at radius 3 is 2.38 bits per heavy atom. The zero-order chi connectivity index (χ0) is 18.0. The van der Waals surface area contributed by atoms with Gasteiger partial charge in [-0.15, -0.1) is 0 Å². The molecule has 0 saturated carbocycles. The molecule has 0 aliphatic rings. The first-order valence-corrected chi connectivity index (χ1v) is 9.94. The summed E-state index contributed by atoms with van der Waals surface area (Å²) in [6.45, 7) is 3.68. The van der Waals surface area contributed by atoms with E-state index in [2.05, 4.69) is 12.2 Å². The van der Waals surface area contributed by atoms with Crippen LogP contribution in [-0.4, -0.2) is 21.8 Å². The number of nitrogens with one attached hydrogen (secondary N) is 1. The van der Waals surface area contributed by atoms with Crippen LogP contribution in [0.2, 0.25) is 0 Å². The van der Waals surface area contributed by atoms with Gasteiger partial charge in [0.2, 0.25) is 5.91 Å². The number of phosphoric ester groups is 1. The highest BCUT2D eigenvalue weighted by Crippen LogP contribution is 2.40. The van der Waals surface area contributed by atoms with Gasteiger partial charge in [-0.2, -0.15) is 0 Å². The van der Waals surface area contributed by atoms with E-state index in [1.165, 1.54) is 13.3 Å². The van der Waals surface area contributed by atoms with E-state index in [1.54, 1.807) is 12.1 Å². The zero-order valence-corrected chi connectivity index (χ0v) is 15.2. The first-order chi connectivity index (χ1) is 11.3. The SMILES string of the molecule is CCCCCCCC(=O)N[C@@H](c1ccccc1)[C@@H](C)OP(=O)(O)O. The van der Waals surface area contributed by atoms with Gasteiger partial charge in [0.1, 0.15) is 0 Å². The van der Waals surface area contributed by atoms with Crippen LogP contribution in [0.25, 0.3) is 0 Å². The molecule has 0 spiro atoms. The summed E-state index contributed by atoms with van der Waals surface area (Å²) in [5.74, 6) is -0.137. The van der Waals surface area contributed by atoms with Crippen molar-refractivity contribution >= 4 is 13.7 Å². The van der Waals surface area contributed by atoms with Crippen molar-refractivity contribution in [3.8, 4) is 0 Å². The molecule has 0 aromatic heterocycles. The van der Waals surface area contributed by atoms with Gasteiger partial charge < -0.3 is 15.1 Å². The van der Waals surface area contributed by atoms with Gasteiger partial charge in [0.05, 0.1) is 12.1 Å². The van der Waals surface area contributed by atoms with Gasteiger partial charge >= 0.3 is 7.82 Å². The molecule has 1 aromatic rings. The maximum atomic E-state index is 12.2. The van der Waals surface area contributed by atoms with E-state index >= 15 is 0 Å². The number of carbonyl (C=O) groups excluding carboxylic acids is 1. The molecule has 0 radical (unpaired) electrons. The number of rotatable bonds is 11. The summed E-state index contributed by atoms with van der Waals surface area (Å²) in [4.78, 5) is 30.2. The zero-order valence-electron chi connectivity index (χ0n) is 14.4. The summed E-state index contributed by atoms with van der Waals surface area (Å²) in [6, 6.07) is 8.44. The number of amides is 1. The van der Waals surface area contributed by atoms with Crippen molar-refractivity contribution in [3.05, 3.63) is 35.9 Å². The van der Waals surface area contributed by atoms with Gasteiger partial charge in [0.15, 0.2) is 0 Å². The predicted octanol–water partition coefficient (Wildman–Crippen LogP) is 3.70. The Bertz CT molecular complexity index is 531. The second-order valence-corrected chi connectivity index (χ2v) is 7.11. The van der Waals surface area contributed by atoms with Crippen LogP contribution in [0.1, 0.15) is 64.0 Å². The number of phosphoric acid groups is 1. The Morgan fingerprint density at radius 1 is 1.17 bits per heavy atom. The van der Waals surface area contributed by atoms with Gasteiger partial charge in [-0.1, -0.05) is 62.9 Å². The van der Waals surface area contributed by atoms with Gasteiger partial charge in [-0.25, -0.2) is 4.57 Å². The average Bonchev–Trinajstić information content (AvgIpc) is 2.51. The van der Waals surface area contributed by atoms with Crippen LogP contribution in [0.15, 0.2) is 30.3 Å². The summed E-state index contributed by atoms with van der Waals surface area (Å²) in [5.41, 5.74) is 0.748. The minimum Gasteiger partial charge on any atom is -0.347 e. The fourth-order valence-electron chi connectivity index (χ4n) is 2.54. The lowest BCUT2D eigenvalue weighted by atomic mass is 10.0. The Kier molecular flexibility index (Phi) is 9.22. The van der Waals surface area contributed by atoms with E-state index in [1.807, 2.05) is 18.2 Å². The molecule has 0 unspecified atom stereocenters. The third-order valence-electron chi connectivity index (χ3n) is 3.76. The summed E-state index contributed by atoms with van der Waals surface area (Å²) < 4.78 is 15.9. The molecule has 0 heterocycles. The normalized spacial score (nSPS) is 14.2. The summed E-state index contributed by atoms with van der Waals surface area (Å²) in [5, 5.41) is 2.84. The van der Waals surface area contributed by atoms with Crippen LogP contribution in [0.5, 0.6) is 0 Å². The van der Waals surface area contributed by atoms with E-state index in [9.17, 15) is 9.36 Å². The summed E-state index contributed by atoms with van der Waals surface area (Å²) in [6.07, 6.45) is 4.80. The highest BCUT2D eigenvalue weighted by molar-refractivity contribution is 7.46. The van der Waals surface area contributed by atoms with E-state index < -0.39 is 20.0 Å². The fourth-order valence-corrected chi connectivity index (χ4v) is 3.10. The molecule has 0 aliphatic heterocycles. The van der Waals surface area contributed by atoms with Gasteiger partial charge in [-0.3, -0.25) is 9.32 Å². The molecule has 0 aliphatic carbocycles. The van der Waals surface area contributed by atoms with E-state index in [0.29, 0.717) is 6.42 Å². The Morgan fingerprint density at radius 2 is 1.79 bits per heavy atom. The molecule has 24 heavy (non-hydrogen) atoms. The molecule has 1 amide bonds. The molecule has 0 fully saturated rings. The lowest BCUT2D eigenvalue weighted by molar-refractivity contribution is -0.122.